The van der Waals surface area contributed by atoms with Crippen LogP contribution in [0.5, 0.6) is 0 Å². The van der Waals surface area contributed by atoms with Gasteiger partial charge < -0.3 is 10.5 Å². The van der Waals surface area contributed by atoms with E-state index in [0.29, 0.717) is 5.56 Å². The topological polar surface area (TPSA) is 69.4 Å². The number of aryl methyl sites for hydroxylation is 2. The standard InChI is InChI=1S/C15H21NO3/c1-8-6-9(2)11(4)14(10(8)3)15(18)12(16)7-13(17)19-5/h6,12H,7,16H2,1-5H3. The number of hydrogen-bond donors (Lipinski definition) is 1. The molecule has 0 amide bonds. The summed E-state index contributed by atoms with van der Waals surface area (Å²) in [6.07, 6.45) is -0.0960. The third-order valence-corrected chi connectivity index (χ3v) is 3.56. The molecule has 0 heterocycles. The maximum atomic E-state index is 12.4. The van der Waals surface area contributed by atoms with Gasteiger partial charge in [0.15, 0.2) is 5.78 Å². The number of Topliss-reactive ketones (excluding diaryl/α,β-unsaturated/α-hetero) is 1. The lowest BCUT2D eigenvalue weighted by molar-refractivity contribution is -0.140. The lowest BCUT2D eigenvalue weighted by Gasteiger charge is -2.17. The van der Waals surface area contributed by atoms with E-state index in [2.05, 4.69) is 4.74 Å². The summed E-state index contributed by atoms with van der Waals surface area (Å²) in [7, 11) is 1.28. The molecule has 1 unspecified atom stereocenters. The molecule has 0 saturated heterocycles. The van der Waals surface area contributed by atoms with Crippen LogP contribution < -0.4 is 5.73 Å². The minimum absolute atomic E-state index is 0.0960. The van der Waals surface area contributed by atoms with Gasteiger partial charge in [-0.15, -0.1) is 0 Å². The van der Waals surface area contributed by atoms with Crippen molar-refractivity contribution in [1.82, 2.24) is 0 Å². The van der Waals surface area contributed by atoms with Crippen molar-refractivity contribution in [2.24, 2.45) is 5.73 Å². The number of methoxy groups -OCH3 is 1. The van der Waals surface area contributed by atoms with E-state index < -0.39 is 12.0 Å². The molecule has 4 heteroatoms. The average molecular weight is 263 g/mol. The van der Waals surface area contributed by atoms with Crippen LogP contribution in [0.2, 0.25) is 0 Å². The molecular weight excluding hydrogens is 242 g/mol. The van der Waals surface area contributed by atoms with E-state index in [9.17, 15) is 9.59 Å². The minimum Gasteiger partial charge on any atom is -0.469 e. The van der Waals surface area contributed by atoms with Gasteiger partial charge in [-0.25, -0.2) is 0 Å². The zero-order chi connectivity index (χ0) is 14.7. The van der Waals surface area contributed by atoms with Crippen molar-refractivity contribution in [3.63, 3.8) is 0 Å². The molecule has 0 radical (unpaired) electrons. The summed E-state index contributed by atoms with van der Waals surface area (Å²) in [5.41, 5.74) is 10.4. The summed E-state index contributed by atoms with van der Waals surface area (Å²) in [6, 6.07) is 1.19. The number of carbonyl (C=O) groups excluding carboxylic acids is 2. The highest BCUT2D eigenvalue weighted by molar-refractivity contribution is 6.04. The van der Waals surface area contributed by atoms with E-state index in [4.69, 9.17) is 5.73 Å². The number of ether oxygens (including phenoxy) is 1. The van der Waals surface area contributed by atoms with Crippen molar-refractivity contribution in [3.05, 3.63) is 33.9 Å². The third kappa shape index (κ3) is 3.20. The molecule has 0 bridgehead atoms. The van der Waals surface area contributed by atoms with E-state index >= 15 is 0 Å². The Morgan fingerprint density at radius 2 is 1.63 bits per heavy atom. The van der Waals surface area contributed by atoms with E-state index in [1.807, 2.05) is 33.8 Å². The Bertz CT molecular complexity index is 494. The van der Waals surface area contributed by atoms with Gasteiger partial charge in [0.2, 0.25) is 0 Å². The molecule has 0 aliphatic rings. The largest absolute Gasteiger partial charge is 0.469 e. The van der Waals surface area contributed by atoms with Gasteiger partial charge in [0.05, 0.1) is 19.6 Å². The fourth-order valence-electron chi connectivity index (χ4n) is 2.13. The van der Waals surface area contributed by atoms with Crippen LogP contribution in [-0.2, 0) is 9.53 Å². The first-order chi connectivity index (χ1) is 8.79. The van der Waals surface area contributed by atoms with Crippen LogP contribution in [0.1, 0.15) is 39.0 Å². The quantitative estimate of drug-likeness (QED) is 0.666. The molecule has 1 rings (SSSR count). The van der Waals surface area contributed by atoms with E-state index in [1.165, 1.54) is 7.11 Å². The summed E-state index contributed by atoms with van der Waals surface area (Å²) in [6.45, 7) is 7.73. The first kappa shape index (κ1) is 15.4. The predicted octanol–water partition coefficient (Wildman–Crippen LogP) is 1.99. The molecule has 0 spiro atoms. The van der Waals surface area contributed by atoms with Crippen molar-refractivity contribution in [2.75, 3.05) is 7.11 Å². The van der Waals surface area contributed by atoms with Gasteiger partial charge in [-0.05, 0) is 49.9 Å². The van der Waals surface area contributed by atoms with E-state index in [-0.39, 0.29) is 12.2 Å². The fraction of sp³-hybridized carbons (Fsp3) is 0.467. The van der Waals surface area contributed by atoms with Crippen LogP contribution in [0.15, 0.2) is 6.07 Å². The Labute approximate surface area is 113 Å². The Morgan fingerprint density at radius 3 is 2.05 bits per heavy atom. The Balaban J connectivity index is 3.16. The zero-order valence-electron chi connectivity index (χ0n) is 12.2. The SMILES string of the molecule is COC(=O)CC(N)C(=O)c1c(C)c(C)cc(C)c1C. The number of nitrogens with two attached hydrogens (primary N) is 1. The van der Waals surface area contributed by atoms with Crippen molar-refractivity contribution in [3.8, 4) is 0 Å². The van der Waals surface area contributed by atoms with Gasteiger partial charge in [0.1, 0.15) is 0 Å². The first-order valence-electron chi connectivity index (χ1n) is 6.23. The maximum absolute atomic E-state index is 12.4. The number of hydrogen-bond acceptors (Lipinski definition) is 4. The molecule has 19 heavy (non-hydrogen) atoms. The second kappa shape index (κ2) is 5.97. The van der Waals surface area contributed by atoms with Gasteiger partial charge in [-0.3, -0.25) is 9.59 Å². The molecule has 104 valence electrons. The number of ketones is 1. The summed E-state index contributed by atoms with van der Waals surface area (Å²) in [5.74, 6) is -0.673. The van der Waals surface area contributed by atoms with Crippen LogP contribution in [0.3, 0.4) is 0 Å². The minimum atomic E-state index is -0.856. The van der Waals surface area contributed by atoms with Gasteiger partial charge in [0, 0.05) is 5.56 Å². The normalized spacial score (nSPS) is 12.1. The smallest absolute Gasteiger partial charge is 0.307 e. The second-order valence-corrected chi connectivity index (χ2v) is 4.89. The Morgan fingerprint density at radius 1 is 1.16 bits per heavy atom. The highest BCUT2D eigenvalue weighted by Gasteiger charge is 2.23. The predicted molar refractivity (Wildman–Crippen MR) is 74.3 cm³/mol. The van der Waals surface area contributed by atoms with Crippen LogP contribution in [0.4, 0.5) is 0 Å². The monoisotopic (exact) mass is 263 g/mol. The molecule has 0 fully saturated rings. The lowest BCUT2D eigenvalue weighted by Crippen LogP contribution is -2.34. The van der Waals surface area contributed by atoms with Crippen molar-refractivity contribution >= 4 is 11.8 Å². The molecular formula is C15H21NO3. The molecule has 0 aliphatic carbocycles. The number of benzene rings is 1. The third-order valence-electron chi connectivity index (χ3n) is 3.56. The van der Waals surface area contributed by atoms with Crippen LogP contribution in [-0.4, -0.2) is 24.9 Å². The van der Waals surface area contributed by atoms with Crippen LogP contribution in [0.25, 0.3) is 0 Å². The molecule has 0 aromatic heterocycles. The zero-order valence-corrected chi connectivity index (χ0v) is 12.2. The summed E-state index contributed by atoms with van der Waals surface area (Å²) >= 11 is 0. The summed E-state index contributed by atoms with van der Waals surface area (Å²) < 4.78 is 4.54. The van der Waals surface area contributed by atoms with Crippen molar-refractivity contribution < 1.29 is 14.3 Å². The van der Waals surface area contributed by atoms with E-state index in [1.54, 1.807) is 0 Å². The lowest BCUT2D eigenvalue weighted by atomic mass is 9.89. The molecule has 1 aromatic carbocycles. The Hall–Kier alpha value is -1.68. The molecule has 2 N–H and O–H groups in total. The number of rotatable bonds is 4. The van der Waals surface area contributed by atoms with Gasteiger partial charge in [-0.1, -0.05) is 6.07 Å². The summed E-state index contributed by atoms with van der Waals surface area (Å²) in [4.78, 5) is 23.6. The second-order valence-electron chi connectivity index (χ2n) is 4.89. The van der Waals surface area contributed by atoms with Crippen LogP contribution >= 0.6 is 0 Å². The molecule has 0 saturated carbocycles. The number of esters is 1. The van der Waals surface area contributed by atoms with Gasteiger partial charge in [0.25, 0.3) is 0 Å². The fourth-order valence-corrected chi connectivity index (χ4v) is 2.13. The number of carbonyl (C=O) groups is 2. The van der Waals surface area contributed by atoms with Crippen LogP contribution in [0, 0.1) is 27.7 Å². The first-order valence-corrected chi connectivity index (χ1v) is 6.23. The van der Waals surface area contributed by atoms with Crippen molar-refractivity contribution in [2.45, 2.75) is 40.2 Å². The molecule has 1 atom stereocenters. The van der Waals surface area contributed by atoms with E-state index in [0.717, 1.165) is 22.3 Å². The average Bonchev–Trinajstić information content (AvgIpc) is 2.36. The molecule has 1 aromatic rings. The maximum Gasteiger partial charge on any atom is 0.307 e. The molecule has 4 nitrogen and oxygen atoms in total. The Kier molecular flexibility index (Phi) is 4.84. The summed E-state index contributed by atoms with van der Waals surface area (Å²) in [5, 5.41) is 0. The van der Waals surface area contributed by atoms with Gasteiger partial charge >= 0.3 is 5.97 Å². The van der Waals surface area contributed by atoms with Crippen molar-refractivity contribution in [1.29, 1.82) is 0 Å². The highest BCUT2D eigenvalue weighted by Crippen LogP contribution is 2.23. The molecule has 0 aliphatic heterocycles. The van der Waals surface area contributed by atoms with Gasteiger partial charge in [-0.2, -0.15) is 0 Å². The highest BCUT2D eigenvalue weighted by atomic mass is 16.5.